The number of ketones is 1. The molecule has 4 atom stereocenters. The second kappa shape index (κ2) is 13.2. The maximum absolute atomic E-state index is 13.5. The van der Waals surface area contributed by atoms with E-state index in [-0.39, 0.29) is 44.7 Å². The number of anilines is 1. The number of imide groups is 1. The first kappa shape index (κ1) is 32.1. The lowest BCUT2D eigenvalue weighted by molar-refractivity contribution is -0.122. The number of carbonyl (C=O) groups is 4. The zero-order chi connectivity index (χ0) is 33.5. The molecule has 2 fully saturated rings. The van der Waals surface area contributed by atoms with Crippen LogP contribution in [0.4, 0.5) is 5.69 Å². The van der Waals surface area contributed by atoms with E-state index in [4.69, 9.17) is 9.72 Å². The number of carbonyl (C=O) groups excluding carboxylic acids is 4. The molecule has 7 nitrogen and oxygen atoms in total. The standard InChI is InChI=1S/C39H30Br2N2O5/c1-22-6-5-9-28-31(39(47)48-21-35(44)26-12-10-24(11-13-26)23-7-3-2-4-8-23)20-34(42-36(22)28)25-14-16-27(17-15-25)43-37(45)29-18-32(40)33(41)19-30(29)38(43)46/h2-17,20,29-30,32-33H,18-19,21H2,1H3. The summed E-state index contributed by atoms with van der Waals surface area (Å²) in [6, 6.07) is 31.4. The molecule has 2 aliphatic rings. The van der Waals surface area contributed by atoms with Gasteiger partial charge in [-0.3, -0.25) is 19.3 Å². The largest absolute Gasteiger partial charge is 0.454 e. The van der Waals surface area contributed by atoms with Crippen LogP contribution in [0.2, 0.25) is 0 Å². The van der Waals surface area contributed by atoms with Crippen molar-refractivity contribution in [1.82, 2.24) is 4.98 Å². The number of alkyl halides is 2. The van der Waals surface area contributed by atoms with Crippen molar-refractivity contribution in [2.75, 3.05) is 11.5 Å². The lowest BCUT2D eigenvalue weighted by Crippen LogP contribution is -2.34. The van der Waals surface area contributed by atoms with E-state index in [0.717, 1.165) is 16.7 Å². The van der Waals surface area contributed by atoms with Crippen molar-refractivity contribution in [1.29, 1.82) is 0 Å². The molecule has 0 N–H and O–H groups in total. The Morgan fingerprint density at radius 1 is 0.771 bits per heavy atom. The second-order valence-electron chi connectivity index (χ2n) is 12.2. The molecule has 1 aliphatic carbocycles. The summed E-state index contributed by atoms with van der Waals surface area (Å²) in [5.74, 6) is -1.96. The summed E-state index contributed by atoms with van der Waals surface area (Å²) in [6.07, 6.45) is 1.20. The van der Waals surface area contributed by atoms with Gasteiger partial charge in [-0.1, -0.05) is 117 Å². The summed E-state index contributed by atoms with van der Waals surface area (Å²) in [7, 11) is 0. The average Bonchev–Trinajstić information content (AvgIpc) is 3.35. The Balaban J connectivity index is 1.11. The number of Topliss-reactive ketones (excluding diaryl/α,β-unsaturated/α-hetero) is 1. The van der Waals surface area contributed by atoms with Crippen LogP contribution >= 0.6 is 31.9 Å². The molecular weight excluding hydrogens is 736 g/mol. The SMILES string of the molecule is Cc1cccc2c(C(=O)OCC(=O)c3ccc(-c4ccccc4)cc3)cc(-c3ccc(N4C(=O)C5CC(Br)C(Br)CC5C4=O)cc3)nc12. The quantitative estimate of drug-likeness (QED) is 0.0716. The molecule has 0 spiro atoms. The monoisotopic (exact) mass is 764 g/mol. The van der Waals surface area contributed by atoms with Crippen LogP contribution in [-0.2, 0) is 14.3 Å². The van der Waals surface area contributed by atoms with Gasteiger partial charge >= 0.3 is 5.97 Å². The molecule has 240 valence electrons. The third-order valence-corrected chi connectivity index (χ3v) is 12.0. The third kappa shape index (κ3) is 6.01. The van der Waals surface area contributed by atoms with Gasteiger partial charge < -0.3 is 4.74 Å². The van der Waals surface area contributed by atoms with E-state index < -0.39 is 12.6 Å². The van der Waals surface area contributed by atoms with E-state index in [1.54, 1.807) is 42.5 Å². The number of aromatic nitrogens is 1. The number of fused-ring (bicyclic) bond motifs is 2. The first-order valence-electron chi connectivity index (χ1n) is 15.7. The van der Waals surface area contributed by atoms with Crippen LogP contribution in [0.25, 0.3) is 33.3 Å². The minimum atomic E-state index is -0.633. The van der Waals surface area contributed by atoms with Crippen molar-refractivity contribution in [2.24, 2.45) is 11.8 Å². The number of aryl methyl sites for hydroxylation is 1. The highest BCUT2D eigenvalue weighted by Gasteiger charge is 2.52. The van der Waals surface area contributed by atoms with Crippen molar-refractivity contribution in [3.8, 4) is 22.4 Å². The lowest BCUT2D eigenvalue weighted by Gasteiger charge is -2.29. The molecule has 2 amide bonds. The van der Waals surface area contributed by atoms with Gasteiger partial charge in [-0.15, -0.1) is 0 Å². The van der Waals surface area contributed by atoms with Gasteiger partial charge in [-0.05, 0) is 54.7 Å². The Kier molecular flexibility index (Phi) is 8.83. The Hall–Kier alpha value is -4.47. The highest BCUT2D eigenvalue weighted by atomic mass is 79.9. The highest BCUT2D eigenvalue weighted by molar-refractivity contribution is 9.12. The molecule has 1 aliphatic heterocycles. The summed E-state index contributed by atoms with van der Waals surface area (Å²) in [4.78, 5) is 59.6. The molecule has 1 saturated carbocycles. The molecule has 9 heteroatoms. The molecule has 5 aromatic rings. The van der Waals surface area contributed by atoms with Crippen LogP contribution in [0.1, 0.15) is 39.1 Å². The van der Waals surface area contributed by atoms with Crippen LogP contribution in [0.3, 0.4) is 0 Å². The van der Waals surface area contributed by atoms with Crippen LogP contribution in [0.15, 0.2) is 103 Å². The van der Waals surface area contributed by atoms with Gasteiger partial charge in [0.15, 0.2) is 12.4 Å². The van der Waals surface area contributed by atoms with E-state index in [1.165, 1.54) is 4.90 Å². The fraction of sp³-hybridized carbons (Fsp3) is 0.205. The molecule has 1 aromatic heterocycles. The maximum atomic E-state index is 13.5. The van der Waals surface area contributed by atoms with Crippen molar-refractivity contribution in [2.45, 2.75) is 29.4 Å². The van der Waals surface area contributed by atoms with Gasteiger partial charge in [-0.2, -0.15) is 0 Å². The smallest absolute Gasteiger partial charge is 0.339 e. The first-order valence-corrected chi connectivity index (χ1v) is 17.6. The fourth-order valence-corrected chi connectivity index (χ4v) is 7.85. The van der Waals surface area contributed by atoms with Gasteiger partial charge in [0.25, 0.3) is 0 Å². The van der Waals surface area contributed by atoms with E-state index >= 15 is 0 Å². The summed E-state index contributed by atoms with van der Waals surface area (Å²) in [6.45, 7) is 1.51. The molecule has 4 aromatic carbocycles. The van der Waals surface area contributed by atoms with E-state index in [0.29, 0.717) is 46.3 Å². The van der Waals surface area contributed by atoms with Crippen molar-refractivity contribution >= 4 is 72.0 Å². The van der Waals surface area contributed by atoms with Crippen LogP contribution < -0.4 is 4.90 Å². The maximum Gasteiger partial charge on any atom is 0.339 e. The van der Waals surface area contributed by atoms with Crippen molar-refractivity contribution in [3.63, 3.8) is 0 Å². The molecule has 1 saturated heterocycles. The number of rotatable bonds is 7. The van der Waals surface area contributed by atoms with Gasteiger partial charge in [0.2, 0.25) is 11.8 Å². The fourth-order valence-electron chi connectivity index (χ4n) is 6.61. The number of halogens is 2. The Morgan fingerprint density at radius 2 is 1.38 bits per heavy atom. The van der Waals surface area contributed by atoms with Crippen LogP contribution in [0, 0.1) is 18.8 Å². The number of para-hydroxylation sites is 1. The molecule has 0 radical (unpaired) electrons. The summed E-state index contributed by atoms with van der Waals surface area (Å²) >= 11 is 7.28. The van der Waals surface area contributed by atoms with Crippen LogP contribution in [-0.4, -0.2) is 44.8 Å². The summed E-state index contributed by atoms with van der Waals surface area (Å²) in [5, 5.41) is 0.617. The molecule has 2 heterocycles. The Bertz CT molecular complexity index is 2040. The zero-order valence-electron chi connectivity index (χ0n) is 25.9. The highest BCUT2D eigenvalue weighted by Crippen LogP contribution is 2.44. The predicted molar refractivity (Wildman–Crippen MR) is 193 cm³/mol. The molecule has 0 bridgehead atoms. The van der Waals surface area contributed by atoms with Crippen LogP contribution in [0.5, 0.6) is 0 Å². The number of hydrogen-bond acceptors (Lipinski definition) is 6. The number of pyridine rings is 1. The summed E-state index contributed by atoms with van der Waals surface area (Å²) in [5.41, 5.74) is 6.01. The number of esters is 1. The summed E-state index contributed by atoms with van der Waals surface area (Å²) < 4.78 is 5.57. The van der Waals surface area contributed by atoms with Crippen molar-refractivity contribution < 1.29 is 23.9 Å². The predicted octanol–water partition coefficient (Wildman–Crippen LogP) is 8.34. The molecular formula is C39H30Br2N2O5. The van der Waals surface area contributed by atoms with Gasteiger partial charge in [-0.25, -0.2) is 9.78 Å². The molecule has 48 heavy (non-hydrogen) atoms. The topological polar surface area (TPSA) is 93.6 Å². The Labute approximate surface area is 294 Å². The normalized spacial score (nSPS) is 20.5. The lowest BCUT2D eigenvalue weighted by atomic mass is 9.81. The van der Waals surface area contributed by atoms with Gasteiger partial charge in [0.05, 0.1) is 34.3 Å². The third-order valence-electron chi connectivity index (χ3n) is 9.24. The van der Waals surface area contributed by atoms with E-state index in [2.05, 4.69) is 31.9 Å². The Morgan fingerprint density at radius 3 is 2.02 bits per heavy atom. The van der Waals surface area contributed by atoms with E-state index in [9.17, 15) is 19.2 Å². The number of ether oxygens (including phenoxy) is 1. The van der Waals surface area contributed by atoms with Crippen molar-refractivity contribution in [3.05, 3.63) is 120 Å². The average molecular weight is 766 g/mol. The number of nitrogens with zero attached hydrogens (tertiary/aromatic N) is 2. The minimum Gasteiger partial charge on any atom is -0.454 e. The van der Waals surface area contributed by atoms with E-state index in [1.807, 2.05) is 67.6 Å². The van der Waals surface area contributed by atoms with Gasteiger partial charge in [0, 0.05) is 26.2 Å². The first-order chi connectivity index (χ1) is 23.2. The molecule has 4 unspecified atom stereocenters. The van der Waals surface area contributed by atoms with Gasteiger partial charge in [0.1, 0.15) is 0 Å². The number of amides is 2. The number of benzene rings is 4. The molecule has 7 rings (SSSR count). The number of hydrogen-bond donors (Lipinski definition) is 0. The second-order valence-corrected chi connectivity index (χ2v) is 14.6. The zero-order valence-corrected chi connectivity index (χ0v) is 29.1. The minimum absolute atomic E-state index is 0.130.